The highest BCUT2D eigenvalue weighted by molar-refractivity contribution is 6.42. The van der Waals surface area contributed by atoms with Gasteiger partial charge in [0, 0.05) is 24.5 Å². The highest BCUT2D eigenvalue weighted by Crippen LogP contribution is 2.30. The molecule has 0 spiro atoms. The minimum Gasteiger partial charge on any atom is -0.371 e. The van der Waals surface area contributed by atoms with Crippen molar-refractivity contribution in [2.75, 3.05) is 23.3 Å². The second kappa shape index (κ2) is 6.81. The minimum absolute atomic E-state index is 0.0654. The van der Waals surface area contributed by atoms with Gasteiger partial charge in [0.15, 0.2) is 0 Å². The van der Waals surface area contributed by atoms with Gasteiger partial charge in [-0.2, -0.15) is 0 Å². The summed E-state index contributed by atoms with van der Waals surface area (Å²) in [6.07, 6.45) is 1.34. The Bertz CT molecular complexity index is 746. The molecule has 0 saturated carbocycles. The fourth-order valence-corrected chi connectivity index (χ4v) is 3.21. The Labute approximate surface area is 146 Å². The van der Waals surface area contributed by atoms with Crippen molar-refractivity contribution in [2.24, 2.45) is 0 Å². The molecule has 0 aromatic heterocycles. The Balaban J connectivity index is 1.69. The van der Waals surface area contributed by atoms with Gasteiger partial charge in [-0.3, -0.25) is 4.79 Å². The standard InChI is InChI=1S/C18H18Cl2N2O/c1-2-22-8-7-13-4-5-14(11-17(13)22)21-18(23)10-12-3-6-15(19)16(20)9-12/h3-6,9,11H,2,7-8,10H2,1H3,(H,21,23). The predicted molar refractivity (Wildman–Crippen MR) is 96.8 cm³/mol. The van der Waals surface area contributed by atoms with Gasteiger partial charge in [-0.25, -0.2) is 0 Å². The Kier molecular flexibility index (Phi) is 4.79. The number of carbonyl (C=O) groups is 1. The lowest BCUT2D eigenvalue weighted by Gasteiger charge is -2.17. The zero-order valence-corrected chi connectivity index (χ0v) is 14.4. The average Bonchev–Trinajstić information content (AvgIpc) is 2.93. The maximum atomic E-state index is 12.2. The van der Waals surface area contributed by atoms with E-state index < -0.39 is 0 Å². The van der Waals surface area contributed by atoms with Crippen molar-refractivity contribution in [3.63, 3.8) is 0 Å². The summed E-state index contributed by atoms with van der Waals surface area (Å²) in [4.78, 5) is 14.6. The van der Waals surface area contributed by atoms with Crippen LogP contribution in [0.2, 0.25) is 10.0 Å². The number of nitrogens with zero attached hydrogens (tertiary/aromatic N) is 1. The van der Waals surface area contributed by atoms with Crippen LogP contribution >= 0.6 is 23.2 Å². The predicted octanol–water partition coefficient (Wildman–Crippen LogP) is 4.56. The van der Waals surface area contributed by atoms with E-state index in [-0.39, 0.29) is 12.3 Å². The van der Waals surface area contributed by atoms with Crippen molar-refractivity contribution in [3.8, 4) is 0 Å². The molecule has 1 heterocycles. The maximum Gasteiger partial charge on any atom is 0.228 e. The highest BCUT2D eigenvalue weighted by atomic mass is 35.5. The van der Waals surface area contributed by atoms with Crippen LogP contribution < -0.4 is 10.2 Å². The first-order chi connectivity index (χ1) is 11.1. The molecule has 0 aliphatic carbocycles. The van der Waals surface area contributed by atoms with Crippen LogP contribution in [0.25, 0.3) is 0 Å². The van der Waals surface area contributed by atoms with E-state index in [2.05, 4.69) is 29.3 Å². The summed E-state index contributed by atoms with van der Waals surface area (Å²) < 4.78 is 0. The number of hydrogen-bond acceptors (Lipinski definition) is 2. The molecule has 0 fully saturated rings. The summed E-state index contributed by atoms with van der Waals surface area (Å²) >= 11 is 11.9. The Hall–Kier alpha value is -1.71. The van der Waals surface area contributed by atoms with E-state index in [4.69, 9.17) is 23.2 Å². The molecule has 1 N–H and O–H groups in total. The molecule has 0 radical (unpaired) electrons. The van der Waals surface area contributed by atoms with E-state index in [0.717, 1.165) is 30.8 Å². The van der Waals surface area contributed by atoms with Gasteiger partial charge in [-0.1, -0.05) is 35.3 Å². The van der Waals surface area contributed by atoms with Gasteiger partial charge in [-0.05, 0) is 48.7 Å². The zero-order chi connectivity index (χ0) is 16.4. The number of hydrogen-bond donors (Lipinski definition) is 1. The lowest BCUT2D eigenvalue weighted by atomic mass is 10.1. The average molecular weight is 349 g/mol. The van der Waals surface area contributed by atoms with E-state index in [9.17, 15) is 4.79 Å². The quantitative estimate of drug-likeness (QED) is 0.878. The van der Waals surface area contributed by atoms with Crippen molar-refractivity contribution in [1.82, 2.24) is 0 Å². The van der Waals surface area contributed by atoms with Gasteiger partial charge in [0.1, 0.15) is 0 Å². The summed E-state index contributed by atoms with van der Waals surface area (Å²) in [5, 5.41) is 3.92. The van der Waals surface area contributed by atoms with Crippen LogP contribution in [0.4, 0.5) is 11.4 Å². The molecular formula is C18H18Cl2N2O. The van der Waals surface area contributed by atoms with E-state index in [0.29, 0.717) is 10.0 Å². The third-order valence-electron chi connectivity index (χ3n) is 4.09. The van der Waals surface area contributed by atoms with Crippen molar-refractivity contribution >= 4 is 40.5 Å². The van der Waals surface area contributed by atoms with Crippen molar-refractivity contribution in [3.05, 3.63) is 57.6 Å². The number of rotatable bonds is 4. The van der Waals surface area contributed by atoms with Crippen LogP contribution in [0.1, 0.15) is 18.1 Å². The molecule has 120 valence electrons. The molecule has 2 aromatic carbocycles. The van der Waals surface area contributed by atoms with Gasteiger partial charge in [0.2, 0.25) is 5.91 Å². The molecule has 2 aromatic rings. The molecule has 1 amide bonds. The summed E-state index contributed by atoms with van der Waals surface area (Å²) in [5.74, 6) is -0.0654. The third-order valence-corrected chi connectivity index (χ3v) is 4.83. The Morgan fingerprint density at radius 3 is 2.74 bits per heavy atom. The molecular weight excluding hydrogens is 331 g/mol. The Morgan fingerprint density at radius 2 is 2.00 bits per heavy atom. The lowest BCUT2D eigenvalue weighted by Crippen LogP contribution is -2.19. The number of fused-ring (bicyclic) bond motifs is 1. The van der Waals surface area contributed by atoms with Crippen LogP contribution in [0.3, 0.4) is 0 Å². The van der Waals surface area contributed by atoms with E-state index >= 15 is 0 Å². The van der Waals surface area contributed by atoms with Crippen LogP contribution in [-0.2, 0) is 17.6 Å². The number of amides is 1. The third kappa shape index (κ3) is 3.62. The van der Waals surface area contributed by atoms with Crippen LogP contribution in [0.15, 0.2) is 36.4 Å². The van der Waals surface area contributed by atoms with Gasteiger partial charge in [0.25, 0.3) is 0 Å². The van der Waals surface area contributed by atoms with Gasteiger partial charge in [-0.15, -0.1) is 0 Å². The molecule has 23 heavy (non-hydrogen) atoms. The summed E-state index contributed by atoms with van der Waals surface area (Å²) in [6, 6.07) is 11.4. The number of halogens is 2. The number of benzene rings is 2. The fraction of sp³-hybridized carbons (Fsp3) is 0.278. The molecule has 0 unspecified atom stereocenters. The van der Waals surface area contributed by atoms with Crippen LogP contribution in [-0.4, -0.2) is 19.0 Å². The lowest BCUT2D eigenvalue weighted by molar-refractivity contribution is -0.115. The van der Waals surface area contributed by atoms with E-state index in [1.54, 1.807) is 12.1 Å². The monoisotopic (exact) mass is 348 g/mol. The molecule has 1 aliphatic rings. The van der Waals surface area contributed by atoms with Crippen LogP contribution in [0, 0.1) is 0 Å². The Morgan fingerprint density at radius 1 is 1.17 bits per heavy atom. The summed E-state index contributed by atoms with van der Waals surface area (Å²) in [6.45, 7) is 4.17. The SMILES string of the molecule is CCN1CCc2ccc(NC(=O)Cc3ccc(Cl)c(Cl)c3)cc21. The largest absolute Gasteiger partial charge is 0.371 e. The molecule has 1 aliphatic heterocycles. The smallest absolute Gasteiger partial charge is 0.228 e. The van der Waals surface area contributed by atoms with Crippen molar-refractivity contribution < 1.29 is 4.79 Å². The van der Waals surface area contributed by atoms with Crippen molar-refractivity contribution in [2.45, 2.75) is 19.8 Å². The van der Waals surface area contributed by atoms with Crippen LogP contribution in [0.5, 0.6) is 0 Å². The highest BCUT2D eigenvalue weighted by Gasteiger charge is 2.18. The topological polar surface area (TPSA) is 32.3 Å². The second-order valence-corrected chi connectivity index (χ2v) is 6.46. The number of nitrogens with one attached hydrogen (secondary N) is 1. The van der Waals surface area contributed by atoms with Gasteiger partial charge in [0.05, 0.1) is 16.5 Å². The second-order valence-electron chi connectivity index (χ2n) is 5.65. The number of likely N-dealkylation sites (N-methyl/N-ethyl adjacent to an activating group) is 1. The first-order valence-corrected chi connectivity index (χ1v) is 8.44. The molecule has 5 heteroatoms. The first kappa shape index (κ1) is 16.2. The minimum atomic E-state index is -0.0654. The zero-order valence-electron chi connectivity index (χ0n) is 12.9. The first-order valence-electron chi connectivity index (χ1n) is 7.68. The normalized spacial score (nSPS) is 13.1. The molecule has 0 bridgehead atoms. The molecule has 3 rings (SSSR count). The number of anilines is 2. The summed E-state index contributed by atoms with van der Waals surface area (Å²) in [7, 11) is 0. The van der Waals surface area contributed by atoms with E-state index in [1.165, 1.54) is 11.3 Å². The maximum absolute atomic E-state index is 12.2. The molecule has 3 nitrogen and oxygen atoms in total. The fourth-order valence-electron chi connectivity index (χ4n) is 2.89. The van der Waals surface area contributed by atoms with Crippen molar-refractivity contribution in [1.29, 1.82) is 0 Å². The van der Waals surface area contributed by atoms with E-state index in [1.807, 2.05) is 12.1 Å². The molecule has 0 atom stereocenters. The molecule has 0 saturated heterocycles. The summed E-state index contributed by atoms with van der Waals surface area (Å²) in [5.41, 5.74) is 4.23. The van der Waals surface area contributed by atoms with Gasteiger partial charge >= 0.3 is 0 Å². The van der Waals surface area contributed by atoms with Gasteiger partial charge < -0.3 is 10.2 Å². The number of carbonyl (C=O) groups excluding carboxylic acids is 1.